The number of rotatable bonds is 7. The molecule has 3 fully saturated rings. The molecule has 158 valence electrons. The molecule has 1 aromatic carbocycles. The molecule has 6 heteroatoms. The van der Waals surface area contributed by atoms with Gasteiger partial charge < -0.3 is 19.9 Å². The van der Waals surface area contributed by atoms with Crippen LogP contribution in [-0.4, -0.2) is 73.6 Å². The van der Waals surface area contributed by atoms with Gasteiger partial charge in [0.2, 0.25) is 5.91 Å². The van der Waals surface area contributed by atoms with E-state index in [2.05, 4.69) is 10.2 Å². The van der Waals surface area contributed by atoms with E-state index < -0.39 is 0 Å². The Morgan fingerprint density at radius 3 is 2.55 bits per heavy atom. The SMILES string of the molecule is Cc1ccccc1C(=O)NC[C@@H]1CN(CC2CCN(CC3CC3)CC2)C(=O)CO1. The first kappa shape index (κ1) is 20.4. The molecule has 2 aliphatic heterocycles. The number of likely N-dealkylation sites (tertiary alicyclic amines) is 1. The van der Waals surface area contributed by atoms with Crippen molar-refractivity contribution < 1.29 is 14.3 Å². The number of nitrogens with zero attached hydrogens (tertiary/aromatic N) is 2. The van der Waals surface area contributed by atoms with Crippen LogP contribution < -0.4 is 5.32 Å². The molecule has 0 radical (unpaired) electrons. The van der Waals surface area contributed by atoms with Crippen LogP contribution in [0.5, 0.6) is 0 Å². The zero-order valence-corrected chi connectivity index (χ0v) is 17.4. The molecule has 0 unspecified atom stereocenters. The van der Waals surface area contributed by atoms with Crippen LogP contribution in [-0.2, 0) is 9.53 Å². The quantitative estimate of drug-likeness (QED) is 0.763. The fourth-order valence-corrected chi connectivity index (χ4v) is 4.44. The van der Waals surface area contributed by atoms with Crippen LogP contribution in [0.25, 0.3) is 0 Å². The lowest BCUT2D eigenvalue weighted by Gasteiger charge is -2.38. The predicted octanol–water partition coefficient (Wildman–Crippen LogP) is 2.07. The van der Waals surface area contributed by atoms with Crippen molar-refractivity contribution in [1.82, 2.24) is 15.1 Å². The molecule has 29 heavy (non-hydrogen) atoms. The molecule has 3 aliphatic rings. The van der Waals surface area contributed by atoms with E-state index in [0.29, 0.717) is 24.6 Å². The summed E-state index contributed by atoms with van der Waals surface area (Å²) < 4.78 is 5.68. The van der Waals surface area contributed by atoms with Crippen molar-refractivity contribution in [2.24, 2.45) is 11.8 Å². The van der Waals surface area contributed by atoms with Crippen LogP contribution in [0.3, 0.4) is 0 Å². The Balaban J connectivity index is 1.22. The first-order chi connectivity index (χ1) is 14.1. The molecular weight excluding hydrogens is 366 g/mol. The Hall–Kier alpha value is -1.92. The molecule has 1 aliphatic carbocycles. The van der Waals surface area contributed by atoms with Crippen LogP contribution in [0.2, 0.25) is 0 Å². The lowest BCUT2D eigenvalue weighted by Crippen LogP contribution is -2.52. The van der Waals surface area contributed by atoms with E-state index in [4.69, 9.17) is 4.74 Å². The van der Waals surface area contributed by atoms with Crippen molar-refractivity contribution in [3.05, 3.63) is 35.4 Å². The van der Waals surface area contributed by atoms with Crippen molar-refractivity contribution in [3.63, 3.8) is 0 Å². The number of hydrogen-bond acceptors (Lipinski definition) is 4. The number of nitrogens with one attached hydrogen (secondary N) is 1. The smallest absolute Gasteiger partial charge is 0.251 e. The van der Waals surface area contributed by atoms with Crippen LogP contribution in [0, 0.1) is 18.8 Å². The van der Waals surface area contributed by atoms with Crippen molar-refractivity contribution in [2.75, 3.05) is 45.9 Å². The van der Waals surface area contributed by atoms with Crippen molar-refractivity contribution >= 4 is 11.8 Å². The Labute approximate surface area is 173 Å². The summed E-state index contributed by atoms with van der Waals surface area (Å²) in [5.41, 5.74) is 1.65. The van der Waals surface area contributed by atoms with Gasteiger partial charge in [-0.15, -0.1) is 0 Å². The van der Waals surface area contributed by atoms with Gasteiger partial charge in [0.1, 0.15) is 6.61 Å². The van der Waals surface area contributed by atoms with Crippen LogP contribution >= 0.6 is 0 Å². The minimum Gasteiger partial charge on any atom is -0.365 e. The zero-order valence-electron chi connectivity index (χ0n) is 17.4. The standard InChI is InChI=1S/C23H33N3O3/c1-17-4-2-3-5-21(17)23(28)24-12-20-15-26(22(27)16-29-20)14-19-8-10-25(11-9-19)13-18-6-7-18/h2-5,18-20H,6-16H2,1H3,(H,24,28)/t20-/m1/s1. The first-order valence-corrected chi connectivity index (χ1v) is 11.0. The van der Waals surface area contributed by atoms with Gasteiger partial charge >= 0.3 is 0 Å². The summed E-state index contributed by atoms with van der Waals surface area (Å²) in [6, 6.07) is 7.56. The lowest BCUT2D eigenvalue weighted by atomic mass is 9.95. The van der Waals surface area contributed by atoms with E-state index in [1.165, 1.54) is 32.2 Å². The number of aryl methyl sites for hydroxylation is 1. The third-order valence-corrected chi connectivity index (χ3v) is 6.50. The number of morpholine rings is 1. The van der Waals surface area contributed by atoms with Crippen LogP contribution in [0.15, 0.2) is 24.3 Å². The second-order valence-corrected chi connectivity index (χ2v) is 8.94. The van der Waals surface area contributed by atoms with Gasteiger partial charge in [0.25, 0.3) is 5.91 Å². The summed E-state index contributed by atoms with van der Waals surface area (Å²) in [5, 5.41) is 2.97. The second-order valence-electron chi connectivity index (χ2n) is 8.94. The molecule has 1 atom stereocenters. The summed E-state index contributed by atoms with van der Waals surface area (Å²) in [6.45, 7) is 7.46. The molecule has 0 spiro atoms. The topological polar surface area (TPSA) is 61.9 Å². The Bertz CT molecular complexity index is 726. The van der Waals surface area contributed by atoms with Crippen molar-refractivity contribution in [3.8, 4) is 0 Å². The van der Waals surface area contributed by atoms with Gasteiger partial charge in [0.15, 0.2) is 0 Å². The third-order valence-electron chi connectivity index (χ3n) is 6.50. The lowest BCUT2D eigenvalue weighted by molar-refractivity contribution is -0.149. The highest BCUT2D eigenvalue weighted by Gasteiger charge is 2.31. The molecule has 1 aromatic rings. The van der Waals surface area contributed by atoms with Gasteiger partial charge in [-0.05, 0) is 69.2 Å². The molecular formula is C23H33N3O3. The zero-order chi connectivity index (χ0) is 20.2. The van der Waals surface area contributed by atoms with Crippen molar-refractivity contribution in [1.29, 1.82) is 0 Å². The van der Waals surface area contributed by atoms with E-state index in [1.807, 2.05) is 36.1 Å². The molecule has 0 bridgehead atoms. The second kappa shape index (κ2) is 9.26. The summed E-state index contributed by atoms with van der Waals surface area (Å²) in [4.78, 5) is 29.3. The normalized spacial score (nSPS) is 24.0. The highest BCUT2D eigenvalue weighted by atomic mass is 16.5. The number of ether oxygens (including phenoxy) is 1. The maximum Gasteiger partial charge on any atom is 0.251 e. The third kappa shape index (κ3) is 5.58. The fraction of sp³-hybridized carbons (Fsp3) is 0.652. The van der Waals surface area contributed by atoms with E-state index >= 15 is 0 Å². The molecule has 2 saturated heterocycles. The van der Waals surface area contributed by atoms with Crippen molar-refractivity contribution in [2.45, 2.75) is 38.7 Å². The summed E-state index contributed by atoms with van der Waals surface area (Å²) in [5.74, 6) is 1.52. The number of amides is 2. The van der Waals surface area contributed by atoms with Crippen LogP contribution in [0.4, 0.5) is 0 Å². The van der Waals surface area contributed by atoms with Gasteiger partial charge in [0, 0.05) is 31.7 Å². The van der Waals surface area contributed by atoms with E-state index in [0.717, 1.165) is 31.1 Å². The summed E-state index contributed by atoms with van der Waals surface area (Å²) >= 11 is 0. The monoisotopic (exact) mass is 399 g/mol. The number of piperidine rings is 1. The summed E-state index contributed by atoms with van der Waals surface area (Å²) in [7, 11) is 0. The molecule has 2 amide bonds. The highest BCUT2D eigenvalue weighted by molar-refractivity contribution is 5.95. The van der Waals surface area contributed by atoms with Gasteiger partial charge in [-0.1, -0.05) is 18.2 Å². The van der Waals surface area contributed by atoms with Gasteiger partial charge in [0.05, 0.1) is 6.10 Å². The van der Waals surface area contributed by atoms with E-state index in [9.17, 15) is 9.59 Å². The molecule has 6 nitrogen and oxygen atoms in total. The van der Waals surface area contributed by atoms with E-state index in [-0.39, 0.29) is 24.5 Å². The van der Waals surface area contributed by atoms with Crippen LogP contribution in [0.1, 0.15) is 41.6 Å². The first-order valence-electron chi connectivity index (χ1n) is 11.0. The average Bonchev–Trinajstić information content (AvgIpc) is 3.54. The van der Waals surface area contributed by atoms with Gasteiger partial charge in [-0.2, -0.15) is 0 Å². The largest absolute Gasteiger partial charge is 0.365 e. The minimum absolute atomic E-state index is 0.0758. The molecule has 2 heterocycles. The number of hydrogen-bond donors (Lipinski definition) is 1. The fourth-order valence-electron chi connectivity index (χ4n) is 4.44. The minimum atomic E-state index is -0.143. The molecule has 1 saturated carbocycles. The maximum atomic E-state index is 12.4. The highest BCUT2D eigenvalue weighted by Crippen LogP contribution is 2.31. The molecule has 1 N–H and O–H groups in total. The Kier molecular flexibility index (Phi) is 6.50. The Morgan fingerprint density at radius 1 is 1.10 bits per heavy atom. The number of carbonyl (C=O) groups excluding carboxylic acids is 2. The number of carbonyl (C=O) groups is 2. The molecule has 4 rings (SSSR count). The van der Waals surface area contributed by atoms with E-state index in [1.54, 1.807) is 0 Å². The van der Waals surface area contributed by atoms with Gasteiger partial charge in [-0.3, -0.25) is 9.59 Å². The predicted molar refractivity (Wildman–Crippen MR) is 112 cm³/mol. The van der Waals surface area contributed by atoms with Gasteiger partial charge in [-0.25, -0.2) is 0 Å². The Morgan fingerprint density at radius 2 is 1.83 bits per heavy atom. The average molecular weight is 400 g/mol. The molecule has 0 aromatic heterocycles. The summed E-state index contributed by atoms with van der Waals surface area (Å²) in [6.07, 6.45) is 5.02. The number of benzene rings is 1. The maximum absolute atomic E-state index is 12.4.